The molecule has 172 valence electrons. The molecule has 1 aromatic heterocycles. The first-order valence-electron chi connectivity index (χ1n) is 9.11. The van der Waals surface area contributed by atoms with Crippen LogP contribution < -0.4 is 16.4 Å². The number of halogens is 6. The third-order valence-electron chi connectivity index (χ3n) is 4.69. The molecule has 0 aliphatic heterocycles. The number of carbonyl (C=O) groups is 1. The molecule has 6 nitrogen and oxygen atoms in total. The minimum Gasteiger partial charge on any atom is -0.382 e. The molecule has 4 N–H and O–H groups in total. The van der Waals surface area contributed by atoms with E-state index in [0.717, 1.165) is 0 Å². The third kappa shape index (κ3) is 4.98. The normalized spacial score (nSPS) is 11.2. The van der Waals surface area contributed by atoms with Crippen LogP contribution in [0.5, 0.6) is 0 Å². The number of urea groups is 1. The fraction of sp³-hybridized carbons (Fsp3) is 0.0476. The third-order valence-corrected chi connectivity index (χ3v) is 4.69. The first-order valence-corrected chi connectivity index (χ1v) is 9.11. The summed E-state index contributed by atoms with van der Waals surface area (Å²) in [4.78, 5) is 12.3. The number of benzene rings is 3. The molecule has 12 heteroatoms. The average Bonchev–Trinajstić information content (AvgIpc) is 3.02. The maximum absolute atomic E-state index is 13.8. The van der Waals surface area contributed by atoms with Crippen LogP contribution in [0.25, 0.3) is 22.0 Å². The van der Waals surface area contributed by atoms with E-state index in [9.17, 15) is 26.8 Å². The molecule has 0 radical (unpaired) electrons. The predicted octanol–water partition coefficient (Wildman–Crippen LogP) is 6.24. The molecule has 0 bridgehead atoms. The summed E-state index contributed by atoms with van der Waals surface area (Å²) in [5, 5.41) is 8.45. The lowest BCUT2D eigenvalue weighted by atomic mass is 10.0. The van der Waals surface area contributed by atoms with Crippen LogP contribution in [0, 0.1) is 5.82 Å². The molecule has 2 amide bonds. The SMILES string of the molecule is Cl.Nc1nn(F)c2cc(-c3ccc(NC(=O)Nc4cc(C(F)(F)F)ccc4F)cc3)ccc12. The van der Waals surface area contributed by atoms with E-state index in [1.807, 2.05) is 0 Å². The smallest absolute Gasteiger partial charge is 0.382 e. The molecule has 4 rings (SSSR count). The number of aromatic nitrogens is 2. The molecule has 0 saturated carbocycles. The molecule has 0 aliphatic carbocycles. The molecule has 0 spiro atoms. The Kier molecular flexibility index (Phi) is 6.45. The van der Waals surface area contributed by atoms with Gasteiger partial charge < -0.3 is 16.4 Å². The molecule has 0 unspecified atom stereocenters. The van der Waals surface area contributed by atoms with Crippen molar-refractivity contribution in [3.05, 3.63) is 72.0 Å². The number of carbonyl (C=O) groups excluding carboxylic acids is 1. The van der Waals surface area contributed by atoms with Gasteiger partial charge in [-0.15, -0.1) is 17.5 Å². The van der Waals surface area contributed by atoms with Gasteiger partial charge in [-0.1, -0.05) is 27.6 Å². The molecule has 0 atom stereocenters. The maximum Gasteiger partial charge on any atom is 0.416 e. The Bertz CT molecular complexity index is 1320. The summed E-state index contributed by atoms with van der Waals surface area (Å²) in [6, 6.07) is 12.1. The number of nitrogen functional groups attached to an aromatic ring is 1. The standard InChI is InChI=1S/C21H14F5N5O.ClH/c22-16-8-4-13(21(23,24)25)10-17(16)29-20(32)28-14-5-1-11(2-6-14)12-3-7-15-18(9-12)31(26)30-19(15)27;/h1-10H,(H2,27,30)(H2,28,29,32);1H. The highest BCUT2D eigenvalue weighted by Gasteiger charge is 2.31. The highest BCUT2D eigenvalue weighted by Crippen LogP contribution is 2.32. The van der Waals surface area contributed by atoms with Crippen LogP contribution in [0.3, 0.4) is 0 Å². The van der Waals surface area contributed by atoms with Crippen molar-refractivity contribution in [1.82, 2.24) is 10.0 Å². The zero-order valence-electron chi connectivity index (χ0n) is 16.5. The van der Waals surface area contributed by atoms with Crippen molar-refractivity contribution in [2.45, 2.75) is 6.18 Å². The van der Waals surface area contributed by atoms with Crippen LogP contribution in [0.15, 0.2) is 60.7 Å². The van der Waals surface area contributed by atoms with Crippen molar-refractivity contribution in [2.24, 2.45) is 0 Å². The summed E-state index contributed by atoms with van der Waals surface area (Å²) in [7, 11) is 0. The van der Waals surface area contributed by atoms with Gasteiger partial charge in [-0.3, -0.25) is 0 Å². The number of alkyl halides is 3. The lowest BCUT2D eigenvalue weighted by Crippen LogP contribution is -2.20. The summed E-state index contributed by atoms with van der Waals surface area (Å²) in [6.07, 6.45) is -4.68. The second-order valence-corrected chi connectivity index (χ2v) is 6.83. The summed E-state index contributed by atoms with van der Waals surface area (Å²) in [5.74, 6) is -0.941. The monoisotopic (exact) mass is 483 g/mol. The number of anilines is 3. The van der Waals surface area contributed by atoms with Crippen LogP contribution >= 0.6 is 12.4 Å². The fourth-order valence-corrected chi connectivity index (χ4v) is 3.11. The van der Waals surface area contributed by atoms with Gasteiger partial charge in [-0.05, 0) is 53.6 Å². The molecule has 3 aromatic carbocycles. The van der Waals surface area contributed by atoms with Crippen molar-refractivity contribution < 1.29 is 26.8 Å². The van der Waals surface area contributed by atoms with Gasteiger partial charge in [0.05, 0.1) is 11.3 Å². The van der Waals surface area contributed by atoms with Crippen molar-refractivity contribution in [2.75, 3.05) is 16.4 Å². The van der Waals surface area contributed by atoms with E-state index >= 15 is 0 Å². The number of hydrogen-bond donors (Lipinski definition) is 3. The largest absolute Gasteiger partial charge is 0.416 e. The van der Waals surface area contributed by atoms with Crippen LogP contribution in [-0.2, 0) is 6.18 Å². The fourth-order valence-electron chi connectivity index (χ4n) is 3.11. The van der Waals surface area contributed by atoms with Gasteiger partial charge >= 0.3 is 12.2 Å². The van der Waals surface area contributed by atoms with Crippen LogP contribution in [-0.4, -0.2) is 16.0 Å². The lowest BCUT2D eigenvalue weighted by molar-refractivity contribution is -0.137. The van der Waals surface area contributed by atoms with Crippen LogP contribution in [0.1, 0.15) is 5.56 Å². The van der Waals surface area contributed by atoms with E-state index in [1.165, 1.54) is 12.1 Å². The Balaban J connectivity index is 0.00000306. The van der Waals surface area contributed by atoms with Gasteiger partial charge in [0, 0.05) is 11.1 Å². The highest BCUT2D eigenvalue weighted by molar-refractivity contribution is 6.00. The topological polar surface area (TPSA) is 85.0 Å². The van der Waals surface area contributed by atoms with Crippen molar-refractivity contribution in [1.29, 1.82) is 0 Å². The molecule has 4 aromatic rings. The zero-order valence-corrected chi connectivity index (χ0v) is 17.3. The highest BCUT2D eigenvalue weighted by atomic mass is 35.5. The van der Waals surface area contributed by atoms with Gasteiger partial charge in [-0.2, -0.15) is 13.2 Å². The van der Waals surface area contributed by atoms with Gasteiger partial charge in [-0.25, -0.2) is 9.18 Å². The molecular weight excluding hydrogens is 469 g/mol. The number of nitrogens with two attached hydrogens (primary N) is 1. The van der Waals surface area contributed by atoms with Crippen molar-refractivity contribution in [3.63, 3.8) is 0 Å². The number of nitrogens with one attached hydrogen (secondary N) is 2. The summed E-state index contributed by atoms with van der Waals surface area (Å²) < 4.78 is 65.9. The summed E-state index contributed by atoms with van der Waals surface area (Å²) >= 11 is 0. The molecule has 0 fully saturated rings. The van der Waals surface area contributed by atoms with Crippen LogP contribution in [0.2, 0.25) is 0 Å². The minimum atomic E-state index is -4.68. The van der Waals surface area contributed by atoms with E-state index in [4.69, 9.17) is 5.73 Å². The van der Waals surface area contributed by atoms with Gasteiger partial charge in [0.15, 0.2) is 5.82 Å². The van der Waals surface area contributed by atoms with E-state index in [0.29, 0.717) is 40.4 Å². The van der Waals surface area contributed by atoms with Gasteiger partial charge in [0.25, 0.3) is 0 Å². The first kappa shape index (κ1) is 23.8. The number of hydrogen-bond acceptors (Lipinski definition) is 3. The van der Waals surface area contributed by atoms with E-state index < -0.39 is 29.3 Å². The quantitative estimate of drug-likeness (QED) is 0.301. The Hall–Kier alpha value is -3.86. The lowest BCUT2D eigenvalue weighted by Gasteiger charge is -2.12. The number of rotatable bonds is 3. The number of fused-ring (bicyclic) bond motifs is 1. The van der Waals surface area contributed by atoms with E-state index in [1.54, 1.807) is 30.3 Å². The first-order chi connectivity index (χ1) is 15.1. The minimum absolute atomic E-state index is 0. The number of amides is 2. The molecule has 0 saturated heterocycles. The Morgan fingerprint density at radius 3 is 2.27 bits per heavy atom. The average molecular weight is 484 g/mol. The molecule has 1 heterocycles. The van der Waals surface area contributed by atoms with Crippen molar-refractivity contribution in [3.8, 4) is 11.1 Å². The summed E-state index contributed by atoms with van der Waals surface area (Å²) in [6.45, 7) is 0. The predicted molar refractivity (Wildman–Crippen MR) is 117 cm³/mol. The van der Waals surface area contributed by atoms with Gasteiger partial charge in [0.2, 0.25) is 0 Å². The van der Waals surface area contributed by atoms with Gasteiger partial charge in [0.1, 0.15) is 11.3 Å². The Morgan fingerprint density at radius 2 is 1.61 bits per heavy atom. The second-order valence-electron chi connectivity index (χ2n) is 6.83. The Labute approximate surface area is 189 Å². The molecule has 0 aliphatic rings. The number of nitrogens with zero attached hydrogens (tertiary/aromatic N) is 2. The Morgan fingerprint density at radius 1 is 0.939 bits per heavy atom. The zero-order chi connectivity index (χ0) is 23.0. The van der Waals surface area contributed by atoms with Crippen molar-refractivity contribution >= 4 is 46.5 Å². The summed E-state index contributed by atoms with van der Waals surface area (Å²) in [5.41, 5.74) is 5.80. The van der Waals surface area contributed by atoms with E-state index in [2.05, 4.69) is 15.7 Å². The maximum atomic E-state index is 13.8. The van der Waals surface area contributed by atoms with Crippen LogP contribution in [0.4, 0.5) is 44.0 Å². The second kappa shape index (κ2) is 8.94. The molecule has 33 heavy (non-hydrogen) atoms. The molecular formula is C21H15ClF5N5O. The van der Waals surface area contributed by atoms with E-state index in [-0.39, 0.29) is 28.6 Å².